The monoisotopic (exact) mass is 277 g/mol. The first-order valence-corrected chi connectivity index (χ1v) is 8.53. The molecule has 0 spiro atoms. The van der Waals surface area contributed by atoms with Crippen molar-refractivity contribution in [2.24, 2.45) is 0 Å². The molecule has 1 aliphatic carbocycles. The Labute approximate surface area is 107 Å². The number of thioether (sulfide) groups is 1. The predicted octanol–water partition coefficient (Wildman–Crippen LogP) is 2.10. The average Bonchev–Trinajstić information content (AvgIpc) is 2.54. The first-order valence-electron chi connectivity index (χ1n) is 6.05. The third-order valence-electron chi connectivity index (χ3n) is 3.48. The highest BCUT2D eigenvalue weighted by Gasteiger charge is 2.37. The molecule has 17 heavy (non-hydrogen) atoms. The highest BCUT2D eigenvalue weighted by molar-refractivity contribution is 8.03. The molecule has 0 aromatic heterocycles. The number of hydrogen-bond acceptors (Lipinski definition) is 4. The van der Waals surface area contributed by atoms with Crippen molar-refractivity contribution in [2.75, 3.05) is 12.3 Å². The van der Waals surface area contributed by atoms with Crippen molar-refractivity contribution < 1.29 is 13.0 Å². The van der Waals surface area contributed by atoms with Gasteiger partial charge in [0.2, 0.25) is 0 Å². The summed E-state index contributed by atoms with van der Waals surface area (Å²) in [4.78, 5) is 2.24. The van der Waals surface area contributed by atoms with Gasteiger partial charge in [-0.25, -0.2) is 0 Å². The zero-order chi connectivity index (χ0) is 12.5. The molecule has 2 unspecified atom stereocenters. The van der Waals surface area contributed by atoms with Crippen LogP contribution < -0.4 is 0 Å². The molecule has 98 valence electrons. The van der Waals surface area contributed by atoms with Gasteiger partial charge in [0.15, 0.2) is 0 Å². The molecule has 0 aromatic rings. The summed E-state index contributed by atoms with van der Waals surface area (Å²) in [6.45, 7) is 4.74. The van der Waals surface area contributed by atoms with Gasteiger partial charge in [-0.05, 0) is 19.3 Å². The first-order chi connectivity index (χ1) is 7.97. The molecule has 0 bridgehead atoms. The van der Waals surface area contributed by atoms with Gasteiger partial charge in [0.25, 0.3) is 10.1 Å². The smallest absolute Gasteiger partial charge is 0.264 e. The fourth-order valence-electron chi connectivity index (χ4n) is 2.71. The molecule has 2 rings (SSSR count). The van der Waals surface area contributed by atoms with Crippen LogP contribution in [0.15, 0.2) is 11.6 Å². The third kappa shape index (κ3) is 3.39. The van der Waals surface area contributed by atoms with Gasteiger partial charge in [0.05, 0.1) is 10.8 Å². The second-order valence-electron chi connectivity index (χ2n) is 4.73. The van der Waals surface area contributed by atoms with Crippen LogP contribution in [0.25, 0.3) is 0 Å². The SMILES string of the molecule is C=C1SC2CCCCC2N1CCCS(=O)(=O)O. The highest BCUT2D eigenvalue weighted by Crippen LogP contribution is 2.44. The minimum atomic E-state index is -3.83. The van der Waals surface area contributed by atoms with Crippen LogP contribution in [0.2, 0.25) is 0 Å². The van der Waals surface area contributed by atoms with Crippen molar-refractivity contribution in [3.63, 3.8) is 0 Å². The van der Waals surface area contributed by atoms with Gasteiger partial charge in [0.1, 0.15) is 0 Å². The van der Waals surface area contributed by atoms with Gasteiger partial charge in [-0.1, -0.05) is 19.4 Å². The number of hydrogen-bond donors (Lipinski definition) is 1. The lowest BCUT2D eigenvalue weighted by molar-refractivity contribution is 0.235. The van der Waals surface area contributed by atoms with E-state index in [9.17, 15) is 8.42 Å². The molecule has 2 atom stereocenters. The fraction of sp³-hybridized carbons (Fsp3) is 0.818. The standard InChI is InChI=1S/C11H19NO3S2/c1-9-12(7-4-8-17(13,14)15)10-5-2-3-6-11(10)16-9/h10-11H,1-8H2,(H,13,14,15). The molecule has 0 amide bonds. The molecule has 4 nitrogen and oxygen atoms in total. The van der Waals surface area contributed by atoms with Crippen LogP contribution in [0.5, 0.6) is 0 Å². The van der Waals surface area contributed by atoms with E-state index in [-0.39, 0.29) is 5.75 Å². The summed E-state index contributed by atoms with van der Waals surface area (Å²) in [6.07, 6.45) is 5.44. The maximum atomic E-state index is 10.7. The molecule has 2 aliphatic rings. The topological polar surface area (TPSA) is 57.6 Å². The van der Waals surface area contributed by atoms with Crippen LogP contribution in [-0.4, -0.2) is 41.5 Å². The molecule has 1 saturated heterocycles. The molecule has 1 N–H and O–H groups in total. The van der Waals surface area contributed by atoms with E-state index >= 15 is 0 Å². The quantitative estimate of drug-likeness (QED) is 0.797. The molecule has 1 saturated carbocycles. The Balaban J connectivity index is 1.89. The Morgan fingerprint density at radius 2 is 2.12 bits per heavy atom. The molecular weight excluding hydrogens is 258 g/mol. The summed E-state index contributed by atoms with van der Waals surface area (Å²) in [5, 5.41) is 1.71. The second kappa shape index (κ2) is 5.20. The molecule has 2 fully saturated rings. The normalized spacial score (nSPS) is 29.5. The zero-order valence-electron chi connectivity index (χ0n) is 9.84. The Morgan fingerprint density at radius 1 is 1.41 bits per heavy atom. The zero-order valence-corrected chi connectivity index (χ0v) is 11.5. The van der Waals surface area contributed by atoms with E-state index in [0.717, 1.165) is 5.03 Å². The van der Waals surface area contributed by atoms with E-state index in [4.69, 9.17) is 4.55 Å². The summed E-state index contributed by atoms with van der Waals surface area (Å²) in [6, 6.07) is 0.530. The lowest BCUT2D eigenvalue weighted by Crippen LogP contribution is -2.37. The number of fused-ring (bicyclic) bond motifs is 1. The summed E-state index contributed by atoms with van der Waals surface area (Å²) >= 11 is 1.84. The van der Waals surface area contributed by atoms with E-state index < -0.39 is 10.1 Å². The summed E-state index contributed by atoms with van der Waals surface area (Å²) in [5.41, 5.74) is 0. The van der Waals surface area contributed by atoms with Crippen LogP contribution in [0.3, 0.4) is 0 Å². The Bertz CT molecular complexity index is 394. The third-order valence-corrected chi connectivity index (χ3v) is 5.64. The largest absolute Gasteiger partial charge is 0.363 e. The van der Waals surface area contributed by atoms with Gasteiger partial charge in [0, 0.05) is 17.8 Å². The Morgan fingerprint density at radius 3 is 2.82 bits per heavy atom. The van der Waals surface area contributed by atoms with Gasteiger partial charge in [-0.15, -0.1) is 11.8 Å². The molecular formula is C11H19NO3S2. The second-order valence-corrected chi connectivity index (χ2v) is 7.62. The van der Waals surface area contributed by atoms with E-state index in [1.807, 2.05) is 11.8 Å². The van der Waals surface area contributed by atoms with E-state index in [1.165, 1.54) is 25.7 Å². The Kier molecular flexibility index (Phi) is 4.05. The fourth-order valence-corrected chi connectivity index (χ4v) is 4.64. The first kappa shape index (κ1) is 13.2. The van der Waals surface area contributed by atoms with Crippen molar-refractivity contribution in [1.29, 1.82) is 0 Å². The van der Waals surface area contributed by atoms with Gasteiger partial charge < -0.3 is 4.90 Å². The van der Waals surface area contributed by atoms with E-state index in [1.54, 1.807) is 0 Å². The van der Waals surface area contributed by atoms with Crippen molar-refractivity contribution in [3.05, 3.63) is 11.6 Å². The highest BCUT2D eigenvalue weighted by atomic mass is 32.2. The lowest BCUT2D eigenvalue weighted by atomic mass is 9.94. The average molecular weight is 277 g/mol. The maximum absolute atomic E-state index is 10.7. The molecule has 1 aliphatic heterocycles. The van der Waals surface area contributed by atoms with Crippen molar-refractivity contribution in [1.82, 2.24) is 4.90 Å². The molecule has 6 heteroatoms. The minimum absolute atomic E-state index is 0.154. The van der Waals surface area contributed by atoms with Crippen molar-refractivity contribution in [3.8, 4) is 0 Å². The predicted molar refractivity (Wildman–Crippen MR) is 70.5 cm³/mol. The summed E-state index contributed by atoms with van der Waals surface area (Å²) in [7, 11) is -3.83. The van der Waals surface area contributed by atoms with E-state index in [2.05, 4.69) is 11.5 Å². The Hall–Kier alpha value is -0.200. The number of rotatable bonds is 4. The van der Waals surface area contributed by atoms with Crippen LogP contribution in [-0.2, 0) is 10.1 Å². The molecule has 0 radical (unpaired) electrons. The minimum Gasteiger partial charge on any atom is -0.363 e. The van der Waals surface area contributed by atoms with Gasteiger partial charge in [-0.2, -0.15) is 8.42 Å². The summed E-state index contributed by atoms with van der Waals surface area (Å²) < 4.78 is 30.1. The summed E-state index contributed by atoms with van der Waals surface area (Å²) in [5.74, 6) is -0.154. The van der Waals surface area contributed by atoms with Gasteiger partial charge >= 0.3 is 0 Å². The van der Waals surface area contributed by atoms with Crippen LogP contribution >= 0.6 is 11.8 Å². The van der Waals surface area contributed by atoms with Crippen molar-refractivity contribution >= 4 is 21.9 Å². The van der Waals surface area contributed by atoms with Crippen LogP contribution in [0, 0.1) is 0 Å². The molecule has 1 heterocycles. The van der Waals surface area contributed by atoms with Gasteiger partial charge in [-0.3, -0.25) is 4.55 Å². The number of nitrogens with zero attached hydrogens (tertiary/aromatic N) is 1. The van der Waals surface area contributed by atoms with Crippen molar-refractivity contribution in [2.45, 2.75) is 43.4 Å². The lowest BCUT2D eigenvalue weighted by Gasteiger charge is -2.31. The van der Waals surface area contributed by atoms with Crippen LogP contribution in [0.4, 0.5) is 0 Å². The molecule has 0 aromatic carbocycles. The van der Waals surface area contributed by atoms with E-state index in [0.29, 0.717) is 24.3 Å². The van der Waals surface area contributed by atoms with Crippen LogP contribution in [0.1, 0.15) is 32.1 Å². The maximum Gasteiger partial charge on any atom is 0.264 e.